The fourth-order valence-corrected chi connectivity index (χ4v) is 3.39. The fraction of sp³-hybridized carbons (Fsp3) is 0.250. The van der Waals surface area contributed by atoms with Crippen LogP contribution >= 0.6 is 11.3 Å². The van der Waals surface area contributed by atoms with Gasteiger partial charge in [-0.3, -0.25) is 4.79 Å². The second-order valence-corrected chi connectivity index (χ2v) is 7.17. The van der Waals surface area contributed by atoms with Crippen molar-refractivity contribution in [3.63, 3.8) is 0 Å². The van der Waals surface area contributed by atoms with Gasteiger partial charge in [-0.1, -0.05) is 0 Å². The van der Waals surface area contributed by atoms with E-state index >= 15 is 0 Å². The molecule has 20 heavy (non-hydrogen) atoms. The summed E-state index contributed by atoms with van der Waals surface area (Å²) in [5.41, 5.74) is 0.471. The van der Waals surface area contributed by atoms with E-state index < -0.39 is 10.0 Å². The molecule has 0 spiro atoms. The zero-order chi connectivity index (χ0) is 14.8. The highest BCUT2D eigenvalue weighted by Crippen LogP contribution is 2.20. The molecule has 0 aliphatic rings. The summed E-state index contributed by atoms with van der Waals surface area (Å²) in [5, 5.41) is 7.76. The van der Waals surface area contributed by atoms with Crippen LogP contribution in [0.15, 0.2) is 33.1 Å². The number of nitrogens with one attached hydrogen (secondary N) is 1. The number of carbonyl (C=O) groups excluding carboxylic acids is 1. The molecule has 0 saturated heterocycles. The van der Waals surface area contributed by atoms with Crippen molar-refractivity contribution >= 4 is 27.3 Å². The van der Waals surface area contributed by atoms with E-state index in [-0.39, 0.29) is 10.1 Å². The summed E-state index contributed by atoms with van der Waals surface area (Å²) in [6.07, 6.45) is 1.94. The van der Waals surface area contributed by atoms with Crippen LogP contribution in [-0.2, 0) is 16.4 Å². The number of hydrogen-bond acceptors (Lipinski definition) is 5. The monoisotopic (exact) mass is 314 g/mol. The minimum absolute atomic E-state index is 0.129. The first-order valence-corrected chi connectivity index (χ1v) is 8.17. The lowest BCUT2D eigenvalue weighted by atomic mass is 10.3. The lowest BCUT2D eigenvalue weighted by Crippen LogP contribution is -2.25. The van der Waals surface area contributed by atoms with E-state index in [1.807, 2.05) is 0 Å². The smallest absolute Gasteiger partial charge is 0.254 e. The Balaban J connectivity index is 1.87. The molecule has 3 N–H and O–H groups in total. The number of nitrogens with two attached hydrogens (primary N) is 1. The number of sulfonamides is 1. The highest BCUT2D eigenvalue weighted by molar-refractivity contribution is 7.91. The first-order chi connectivity index (χ1) is 9.36. The number of carbonyl (C=O) groups is 1. The Morgan fingerprint density at radius 3 is 2.75 bits per heavy atom. The molecule has 0 aliphatic heterocycles. The minimum atomic E-state index is -3.64. The van der Waals surface area contributed by atoms with Gasteiger partial charge in [0.2, 0.25) is 10.0 Å². The van der Waals surface area contributed by atoms with E-state index in [1.165, 1.54) is 12.3 Å². The van der Waals surface area contributed by atoms with Gasteiger partial charge in [-0.05, 0) is 31.5 Å². The van der Waals surface area contributed by atoms with Crippen LogP contribution < -0.4 is 10.5 Å². The third-order valence-electron chi connectivity index (χ3n) is 2.57. The van der Waals surface area contributed by atoms with Crippen LogP contribution in [0.25, 0.3) is 0 Å². The van der Waals surface area contributed by atoms with Crippen LogP contribution in [-0.4, -0.2) is 20.9 Å². The average Bonchev–Trinajstić information content (AvgIpc) is 2.97. The zero-order valence-corrected chi connectivity index (χ0v) is 12.4. The van der Waals surface area contributed by atoms with Crippen LogP contribution in [0.5, 0.6) is 0 Å². The summed E-state index contributed by atoms with van der Waals surface area (Å²) in [6, 6.07) is 4.81. The summed E-state index contributed by atoms with van der Waals surface area (Å²) in [7, 11) is -3.64. The number of aryl methyl sites for hydroxylation is 1. The van der Waals surface area contributed by atoms with E-state index in [4.69, 9.17) is 9.56 Å². The molecule has 0 unspecified atom stereocenters. The highest BCUT2D eigenvalue weighted by Gasteiger charge is 2.12. The summed E-state index contributed by atoms with van der Waals surface area (Å²) in [4.78, 5) is 12.6. The van der Waals surface area contributed by atoms with Crippen LogP contribution in [0.3, 0.4) is 0 Å². The van der Waals surface area contributed by atoms with Crippen molar-refractivity contribution in [3.05, 3.63) is 40.7 Å². The largest absolute Gasteiger partial charge is 0.469 e. The lowest BCUT2D eigenvalue weighted by molar-refractivity contribution is 0.0953. The normalized spacial score (nSPS) is 11.5. The second kappa shape index (κ2) is 5.78. The highest BCUT2D eigenvalue weighted by atomic mass is 32.2. The minimum Gasteiger partial charge on any atom is -0.469 e. The molecule has 108 valence electrons. The predicted molar refractivity (Wildman–Crippen MR) is 75.2 cm³/mol. The van der Waals surface area contributed by atoms with Crippen molar-refractivity contribution in [1.29, 1.82) is 0 Å². The molecule has 0 aliphatic carbocycles. The Kier molecular flexibility index (Phi) is 4.26. The molecule has 6 nitrogen and oxygen atoms in total. The molecular formula is C12H14N2O4S2. The molecule has 2 aromatic heterocycles. The van der Waals surface area contributed by atoms with Gasteiger partial charge in [0.25, 0.3) is 5.91 Å². The third-order valence-corrected chi connectivity index (χ3v) is 5.15. The molecule has 0 radical (unpaired) electrons. The number of primary sulfonamides is 1. The van der Waals surface area contributed by atoms with Crippen LogP contribution in [0.4, 0.5) is 0 Å². The molecule has 0 atom stereocenters. The molecule has 2 rings (SSSR count). The van der Waals surface area contributed by atoms with Crippen LogP contribution in [0.1, 0.15) is 21.0 Å². The summed E-state index contributed by atoms with van der Waals surface area (Å²) in [5.74, 6) is 0.455. The van der Waals surface area contributed by atoms with E-state index in [0.29, 0.717) is 24.3 Å². The van der Waals surface area contributed by atoms with Crippen molar-refractivity contribution in [2.24, 2.45) is 5.14 Å². The van der Waals surface area contributed by atoms with Gasteiger partial charge in [-0.2, -0.15) is 0 Å². The van der Waals surface area contributed by atoms with E-state index in [0.717, 1.165) is 16.2 Å². The molecule has 8 heteroatoms. The Labute approximate surface area is 120 Å². The van der Waals surface area contributed by atoms with E-state index in [1.54, 1.807) is 19.1 Å². The molecule has 2 aromatic rings. The average molecular weight is 314 g/mol. The standard InChI is InChI=1S/C12H14N2O4S2/c1-8-6-9(7-18-8)12(15)14-5-4-10-2-3-11(19-10)20(13,16)17/h2-3,6-7H,4-5H2,1H3,(H,14,15)(H2,13,16,17). The molecule has 1 amide bonds. The van der Waals surface area contributed by atoms with Crippen molar-refractivity contribution < 1.29 is 17.6 Å². The molecule has 0 fully saturated rings. The quantitative estimate of drug-likeness (QED) is 0.867. The van der Waals surface area contributed by atoms with Crippen molar-refractivity contribution in [2.45, 2.75) is 17.6 Å². The van der Waals surface area contributed by atoms with Gasteiger partial charge in [0.1, 0.15) is 16.2 Å². The third kappa shape index (κ3) is 3.69. The predicted octanol–water partition coefficient (Wildman–Crippen LogP) is 1.27. The van der Waals surface area contributed by atoms with E-state index in [9.17, 15) is 13.2 Å². The van der Waals surface area contributed by atoms with Gasteiger partial charge in [0.15, 0.2) is 0 Å². The Morgan fingerprint density at radius 2 is 2.20 bits per heavy atom. The molecule has 2 heterocycles. The number of furan rings is 1. The first-order valence-electron chi connectivity index (χ1n) is 5.81. The number of rotatable bonds is 5. The Hall–Kier alpha value is -1.64. The van der Waals surface area contributed by atoms with Gasteiger partial charge >= 0.3 is 0 Å². The summed E-state index contributed by atoms with van der Waals surface area (Å²) >= 11 is 1.11. The maximum Gasteiger partial charge on any atom is 0.254 e. The van der Waals surface area contributed by atoms with Gasteiger partial charge in [0.05, 0.1) is 5.56 Å². The molecule has 0 bridgehead atoms. The SMILES string of the molecule is Cc1cc(C(=O)NCCc2ccc(S(N)(=O)=O)s2)co1. The van der Waals surface area contributed by atoms with Gasteiger partial charge < -0.3 is 9.73 Å². The van der Waals surface area contributed by atoms with Gasteiger partial charge in [-0.25, -0.2) is 13.6 Å². The van der Waals surface area contributed by atoms with Crippen molar-refractivity contribution in [3.8, 4) is 0 Å². The number of amides is 1. The molecule has 0 aromatic carbocycles. The van der Waals surface area contributed by atoms with Crippen LogP contribution in [0.2, 0.25) is 0 Å². The molecular weight excluding hydrogens is 300 g/mol. The lowest BCUT2D eigenvalue weighted by Gasteiger charge is -2.01. The van der Waals surface area contributed by atoms with Crippen LogP contribution in [0, 0.1) is 6.92 Å². The Morgan fingerprint density at radius 1 is 1.45 bits per heavy atom. The maximum atomic E-state index is 11.7. The van der Waals surface area contributed by atoms with Gasteiger partial charge in [0, 0.05) is 11.4 Å². The zero-order valence-electron chi connectivity index (χ0n) is 10.8. The van der Waals surface area contributed by atoms with E-state index in [2.05, 4.69) is 5.32 Å². The first kappa shape index (κ1) is 14.8. The van der Waals surface area contributed by atoms with Crippen molar-refractivity contribution in [1.82, 2.24) is 5.32 Å². The van der Waals surface area contributed by atoms with Gasteiger partial charge in [-0.15, -0.1) is 11.3 Å². The maximum absolute atomic E-state index is 11.7. The number of hydrogen-bond donors (Lipinski definition) is 2. The van der Waals surface area contributed by atoms with Crippen molar-refractivity contribution in [2.75, 3.05) is 6.54 Å². The topological polar surface area (TPSA) is 102 Å². The Bertz CT molecular complexity index is 715. The fourth-order valence-electron chi connectivity index (χ4n) is 1.61. The summed E-state index contributed by atoms with van der Waals surface area (Å²) in [6.45, 7) is 2.17. The second-order valence-electron chi connectivity index (χ2n) is 4.22. The number of thiophene rings is 1. The molecule has 0 saturated carbocycles. The summed E-state index contributed by atoms with van der Waals surface area (Å²) < 4.78 is 27.4.